The van der Waals surface area contributed by atoms with Crippen LogP contribution in [0.2, 0.25) is 0 Å². The van der Waals surface area contributed by atoms with Crippen LogP contribution >= 0.6 is 0 Å². The van der Waals surface area contributed by atoms with Crippen LogP contribution in [0.1, 0.15) is 29.6 Å². The Labute approximate surface area is 146 Å². The number of aromatic nitrogens is 3. The minimum atomic E-state index is 0.112. The molecule has 2 heterocycles. The minimum absolute atomic E-state index is 0.112. The summed E-state index contributed by atoms with van der Waals surface area (Å²) >= 11 is 0. The summed E-state index contributed by atoms with van der Waals surface area (Å²) in [6.45, 7) is 0. The molecular formula is C19H20N4O2. The van der Waals surface area contributed by atoms with Crippen molar-refractivity contribution >= 4 is 5.95 Å². The first kappa shape index (κ1) is 15.5. The highest BCUT2D eigenvalue weighted by Crippen LogP contribution is 2.38. The Balaban J connectivity index is 1.69. The van der Waals surface area contributed by atoms with Crippen molar-refractivity contribution in [3.05, 3.63) is 66.0 Å². The number of benzene rings is 2. The predicted octanol–water partition coefficient (Wildman–Crippen LogP) is 3.44. The highest BCUT2D eigenvalue weighted by molar-refractivity contribution is 5.41. The summed E-state index contributed by atoms with van der Waals surface area (Å²) in [7, 11) is 3.36. The Kier molecular flexibility index (Phi) is 4.01. The SMILES string of the molecule is COc1ccc([C@@H]2C[C@@H](c3cccc(OC)c3)Nc3ncnn32)cc1. The van der Waals surface area contributed by atoms with Crippen molar-refractivity contribution in [1.29, 1.82) is 0 Å². The Hall–Kier alpha value is -3.02. The number of nitrogens with one attached hydrogen (secondary N) is 1. The van der Waals surface area contributed by atoms with E-state index in [4.69, 9.17) is 9.47 Å². The zero-order valence-corrected chi connectivity index (χ0v) is 14.2. The molecule has 6 heteroatoms. The fourth-order valence-corrected chi connectivity index (χ4v) is 3.30. The molecule has 0 saturated heterocycles. The number of rotatable bonds is 4. The quantitative estimate of drug-likeness (QED) is 0.791. The molecule has 2 atom stereocenters. The van der Waals surface area contributed by atoms with Gasteiger partial charge in [-0.2, -0.15) is 10.1 Å². The van der Waals surface area contributed by atoms with E-state index < -0.39 is 0 Å². The van der Waals surface area contributed by atoms with Crippen molar-refractivity contribution in [2.45, 2.75) is 18.5 Å². The smallest absolute Gasteiger partial charge is 0.222 e. The van der Waals surface area contributed by atoms with Crippen molar-refractivity contribution in [3.8, 4) is 11.5 Å². The molecule has 6 nitrogen and oxygen atoms in total. The van der Waals surface area contributed by atoms with Gasteiger partial charge in [-0.15, -0.1) is 0 Å². The molecule has 0 bridgehead atoms. The predicted molar refractivity (Wildman–Crippen MR) is 95.1 cm³/mol. The lowest BCUT2D eigenvalue weighted by molar-refractivity contribution is 0.408. The van der Waals surface area contributed by atoms with Gasteiger partial charge in [0.1, 0.15) is 17.8 Å². The van der Waals surface area contributed by atoms with Gasteiger partial charge in [0.2, 0.25) is 5.95 Å². The van der Waals surface area contributed by atoms with Gasteiger partial charge in [0.25, 0.3) is 0 Å². The first-order valence-electron chi connectivity index (χ1n) is 8.22. The van der Waals surface area contributed by atoms with Crippen LogP contribution in [0.3, 0.4) is 0 Å². The maximum atomic E-state index is 5.36. The van der Waals surface area contributed by atoms with Crippen LogP contribution in [0.5, 0.6) is 11.5 Å². The Morgan fingerprint density at radius 1 is 1.00 bits per heavy atom. The summed E-state index contributed by atoms with van der Waals surface area (Å²) in [6.07, 6.45) is 2.46. The zero-order chi connectivity index (χ0) is 17.2. The Morgan fingerprint density at radius 2 is 1.80 bits per heavy atom. The zero-order valence-electron chi connectivity index (χ0n) is 14.2. The topological polar surface area (TPSA) is 61.2 Å². The van der Waals surface area contributed by atoms with E-state index in [9.17, 15) is 0 Å². The van der Waals surface area contributed by atoms with E-state index in [2.05, 4.69) is 39.7 Å². The van der Waals surface area contributed by atoms with Crippen molar-refractivity contribution in [3.63, 3.8) is 0 Å². The first-order valence-corrected chi connectivity index (χ1v) is 8.22. The molecule has 128 valence electrons. The van der Waals surface area contributed by atoms with Gasteiger partial charge in [-0.25, -0.2) is 4.68 Å². The molecule has 0 aliphatic carbocycles. The first-order chi connectivity index (χ1) is 12.3. The summed E-state index contributed by atoms with van der Waals surface area (Å²) in [5.41, 5.74) is 2.36. The van der Waals surface area contributed by atoms with E-state index in [1.807, 2.05) is 28.9 Å². The van der Waals surface area contributed by atoms with Crippen LogP contribution in [0, 0.1) is 0 Å². The molecule has 0 unspecified atom stereocenters. The average Bonchev–Trinajstić information content (AvgIpc) is 3.16. The molecular weight excluding hydrogens is 316 g/mol. The normalized spacial score (nSPS) is 19.0. The summed E-state index contributed by atoms with van der Waals surface area (Å²) < 4.78 is 12.6. The van der Waals surface area contributed by atoms with E-state index in [1.54, 1.807) is 20.5 Å². The highest BCUT2D eigenvalue weighted by atomic mass is 16.5. The molecule has 1 aliphatic rings. The van der Waals surface area contributed by atoms with Crippen molar-refractivity contribution in [2.24, 2.45) is 0 Å². The second-order valence-electron chi connectivity index (χ2n) is 6.03. The van der Waals surface area contributed by atoms with E-state index in [1.165, 1.54) is 11.1 Å². The van der Waals surface area contributed by atoms with Crippen LogP contribution in [0.25, 0.3) is 0 Å². The van der Waals surface area contributed by atoms with Gasteiger partial charge in [0, 0.05) is 0 Å². The molecule has 1 aliphatic heterocycles. The third kappa shape index (κ3) is 2.91. The second-order valence-corrected chi connectivity index (χ2v) is 6.03. The standard InChI is InChI=1S/C19H20N4O2/c1-24-15-8-6-13(7-9-15)18-11-17(22-19-20-12-21-23(18)19)14-4-3-5-16(10-14)25-2/h3-10,12,17-18H,11H2,1-2H3,(H,20,21,22)/t17-,18-/m0/s1. The van der Waals surface area contributed by atoms with Crippen molar-refractivity contribution in [2.75, 3.05) is 19.5 Å². The van der Waals surface area contributed by atoms with E-state index in [0.29, 0.717) is 0 Å². The van der Waals surface area contributed by atoms with Gasteiger partial charge in [0.15, 0.2) is 0 Å². The molecule has 1 aromatic heterocycles. The summed E-state index contributed by atoms with van der Waals surface area (Å²) in [6, 6.07) is 16.5. The molecule has 1 N–H and O–H groups in total. The van der Waals surface area contributed by atoms with Gasteiger partial charge in [-0.3, -0.25) is 0 Å². The van der Waals surface area contributed by atoms with Crippen LogP contribution in [-0.4, -0.2) is 29.0 Å². The molecule has 0 saturated carbocycles. The van der Waals surface area contributed by atoms with Crippen LogP contribution in [-0.2, 0) is 0 Å². The number of nitrogens with zero attached hydrogens (tertiary/aromatic N) is 3. The molecule has 4 rings (SSSR count). The van der Waals surface area contributed by atoms with Crippen molar-refractivity contribution < 1.29 is 9.47 Å². The largest absolute Gasteiger partial charge is 0.497 e. The summed E-state index contributed by atoms with van der Waals surface area (Å²) in [5, 5.41) is 7.88. The third-order valence-electron chi connectivity index (χ3n) is 4.63. The number of methoxy groups -OCH3 is 2. The molecule has 0 spiro atoms. The molecule has 0 amide bonds. The maximum Gasteiger partial charge on any atom is 0.222 e. The lowest BCUT2D eigenvalue weighted by Crippen LogP contribution is -2.28. The summed E-state index contributed by atoms with van der Waals surface area (Å²) in [5.74, 6) is 2.48. The fraction of sp³-hybridized carbons (Fsp3) is 0.263. The maximum absolute atomic E-state index is 5.36. The van der Waals surface area contributed by atoms with Crippen LogP contribution < -0.4 is 14.8 Å². The molecule has 0 radical (unpaired) electrons. The Bertz CT molecular complexity index is 860. The van der Waals surface area contributed by atoms with Gasteiger partial charge in [0.05, 0.1) is 26.3 Å². The molecule has 2 aromatic carbocycles. The molecule has 0 fully saturated rings. The summed E-state index contributed by atoms with van der Waals surface area (Å²) in [4.78, 5) is 4.37. The van der Waals surface area contributed by atoms with Gasteiger partial charge in [-0.1, -0.05) is 24.3 Å². The van der Waals surface area contributed by atoms with Crippen LogP contribution in [0.15, 0.2) is 54.9 Å². The fourth-order valence-electron chi connectivity index (χ4n) is 3.30. The minimum Gasteiger partial charge on any atom is -0.497 e. The molecule has 3 aromatic rings. The number of fused-ring (bicyclic) bond motifs is 1. The van der Waals surface area contributed by atoms with E-state index >= 15 is 0 Å². The number of anilines is 1. The number of hydrogen-bond acceptors (Lipinski definition) is 5. The lowest BCUT2D eigenvalue weighted by atomic mass is 9.93. The second kappa shape index (κ2) is 6.47. The van der Waals surface area contributed by atoms with Gasteiger partial charge in [-0.05, 0) is 41.8 Å². The van der Waals surface area contributed by atoms with Gasteiger partial charge >= 0.3 is 0 Å². The van der Waals surface area contributed by atoms with Crippen molar-refractivity contribution in [1.82, 2.24) is 14.8 Å². The van der Waals surface area contributed by atoms with E-state index in [-0.39, 0.29) is 12.1 Å². The van der Waals surface area contributed by atoms with Crippen LogP contribution in [0.4, 0.5) is 5.95 Å². The van der Waals surface area contributed by atoms with Gasteiger partial charge < -0.3 is 14.8 Å². The Morgan fingerprint density at radius 3 is 2.56 bits per heavy atom. The number of ether oxygens (including phenoxy) is 2. The number of hydrogen-bond donors (Lipinski definition) is 1. The molecule has 25 heavy (non-hydrogen) atoms. The lowest BCUT2D eigenvalue weighted by Gasteiger charge is -2.32. The highest BCUT2D eigenvalue weighted by Gasteiger charge is 2.30. The monoisotopic (exact) mass is 336 g/mol. The third-order valence-corrected chi connectivity index (χ3v) is 4.63. The van der Waals surface area contributed by atoms with E-state index in [0.717, 1.165) is 23.9 Å². The average molecular weight is 336 g/mol.